The van der Waals surface area contributed by atoms with Crippen molar-refractivity contribution in [2.75, 3.05) is 6.54 Å². The number of hydrogen-bond acceptors (Lipinski definition) is 3. The van der Waals surface area contributed by atoms with E-state index in [1.54, 1.807) is 6.20 Å². The lowest BCUT2D eigenvalue weighted by Gasteiger charge is -2.35. The molecule has 6 heteroatoms. The van der Waals surface area contributed by atoms with Gasteiger partial charge in [0.25, 0.3) is 5.91 Å². The molecule has 0 spiro atoms. The van der Waals surface area contributed by atoms with E-state index in [4.69, 9.17) is 0 Å². The molecule has 0 aliphatic carbocycles. The third-order valence-corrected chi connectivity index (χ3v) is 4.58. The smallest absolute Gasteiger partial charge is 0.257 e. The van der Waals surface area contributed by atoms with E-state index in [9.17, 15) is 4.79 Å². The van der Waals surface area contributed by atoms with Crippen LogP contribution in [-0.2, 0) is 13.1 Å². The van der Waals surface area contributed by atoms with Gasteiger partial charge in [-0.15, -0.1) is 0 Å². The van der Waals surface area contributed by atoms with Gasteiger partial charge in [-0.2, -0.15) is 5.10 Å². The topological polar surface area (TPSA) is 56.0 Å². The van der Waals surface area contributed by atoms with Gasteiger partial charge in [0.2, 0.25) is 0 Å². The van der Waals surface area contributed by atoms with Crippen molar-refractivity contribution in [1.82, 2.24) is 24.2 Å². The first-order valence-electron chi connectivity index (χ1n) is 8.94. The average molecular weight is 329 g/mol. The Morgan fingerprint density at radius 1 is 1.38 bits per heavy atom. The Kier molecular flexibility index (Phi) is 5.02. The number of aromatic nitrogens is 4. The summed E-state index contributed by atoms with van der Waals surface area (Å²) < 4.78 is 4.00. The molecule has 130 valence electrons. The van der Waals surface area contributed by atoms with Gasteiger partial charge in [-0.05, 0) is 32.1 Å². The lowest BCUT2D eigenvalue weighted by Crippen LogP contribution is -2.39. The standard InChI is InChI=1S/C18H27N5O/c1-4-21-10-8-19-17(21)16-7-5-6-9-23(16)18(24)15-11-20-22(13-15)12-14(2)3/h8,10-11,13-14,16H,4-7,9,12H2,1-3H3/t16-/m0/s1. The molecule has 0 radical (unpaired) electrons. The van der Waals surface area contributed by atoms with Gasteiger partial charge in [0.05, 0.1) is 17.8 Å². The predicted molar refractivity (Wildman–Crippen MR) is 92.6 cm³/mol. The zero-order valence-corrected chi connectivity index (χ0v) is 14.9. The molecule has 1 atom stereocenters. The zero-order chi connectivity index (χ0) is 17.1. The molecule has 3 rings (SSSR count). The van der Waals surface area contributed by atoms with E-state index >= 15 is 0 Å². The first-order valence-corrected chi connectivity index (χ1v) is 8.94. The van der Waals surface area contributed by atoms with Gasteiger partial charge in [0.1, 0.15) is 5.82 Å². The molecule has 1 saturated heterocycles. The van der Waals surface area contributed by atoms with Crippen LogP contribution in [0.5, 0.6) is 0 Å². The molecule has 0 bridgehead atoms. The van der Waals surface area contributed by atoms with Gasteiger partial charge in [0, 0.05) is 38.2 Å². The summed E-state index contributed by atoms with van der Waals surface area (Å²) in [6, 6.07) is 0.0645. The molecule has 2 aromatic rings. The van der Waals surface area contributed by atoms with Crippen molar-refractivity contribution in [1.29, 1.82) is 0 Å². The van der Waals surface area contributed by atoms with Crippen molar-refractivity contribution >= 4 is 5.91 Å². The van der Waals surface area contributed by atoms with Crippen molar-refractivity contribution in [3.05, 3.63) is 36.2 Å². The fourth-order valence-electron chi connectivity index (χ4n) is 3.44. The van der Waals surface area contributed by atoms with Crippen molar-refractivity contribution < 1.29 is 4.79 Å². The number of rotatable bonds is 5. The predicted octanol–water partition coefficient (Wildman–Crippen LogP) is 3.12. The number of aryl methyl sites for hydroxylation is 1. The maximum Gasteiger partial charge on any atom is 0.257 e. The van der Waals surface area contributed by atoms with Crippen LogP contribution < -0.4 is 0 Å². The largest absolute Gasteiger partial charge is 0.333 e. The van der Waals surface area contributed by atoms with E-state index in [1.165, 1.54) is 0 Å². The van der Waals surface area contributed by atoms with Gasteiger partial charge in [-0.25, -0.2) is 4.98 Å². The van der Waals surface area contributed by atoms with Crippen LogP contribution in [0.1, 0.15) is 62.3 Å². The molecule has 1 aliphatic rings. The third kappa shape index (κ3) is 3.37. The SMILES string of the molecule is CCn1ccnc1[C@@H]1CCCCN1C(=O)c1cnn(CC(C)C)c1. The summed E-state index contributed by atoms with van der Waals surface area (Å²) in [7, 11) is 0. The number of amides is 1. The highest BCUT2D eigenvalue weighted by atomic mass is 16.2. The zero-order valence-electron chi connectivity index (χ0n) is 14.9. The molecule has 0 saturated carbocycles. The number of carbonyl (C=O) groups is 1. The average Bonchev–Trinajstić information content (AvgIpc) is 3.22. The minimum atomic E-state index is 0.0645. The Balaban J connectivity index is 1.82. The summed E-state index contributed by atoms with van der Waals surface area (Å²) >= 11 is 0. The van der Waals surface area contributed by atoms with Gasteiger partial charge < -0.3 is 9.47 Å². The summed E-state index contributed by atoms with van der Waals surface area (Å²) in [5.41, 5.74) is 0.678. The third-order valence-electron chi connectivity index (χ3n) is 4.58. The first-order chi connectivity index (χ1) is 11.6. The minimum absolute atomic E-state index is 0.0645. The van der Waals surface area contributed by atoms with Gasteiger partial charge >= 0.3 is 0 Å². The lowest BCUT2D eigenvalue weighted by atomic mass is 10.0. The maximum atomic E-state index is 13.0. The summed E-state index contributed by atoms with van der Waals surface area (Å²) in [6.07, 6.45) is 10.6. The Morgan fingerprint density at radius 2 is 2.21 bits per heavy atom. The molecular formula is C18H27N5O. The number of piperidine rings is 1. The Hall–Kier alpha value is -2.11. The van der Waals surface area contributed by atoms with Gasteiger partial charge in [-0.1, -0.05) is 13.8 Å². The summed E-state index contributed by atoms with van der Waals surface area (Å²) in [5.74, 6) is 1.58. The van der Waals surface area contributed by atoms with Crippen LogP contribution >= 0.6 is 0 Å². The number of imidazole rings is 1. The molecule has 3 heterocycles. The molecule has 1 fully saturated rings. The van der Waals surface area contributed by atoms with Crippen molar-refractivity contribution in [2.45, 2.75) is 59.2 Å². The molecule has 0 aromatic carbocycles. The number of hydrogen-bond donors (Lipinski definition) is 0. The van der Waals surface area contributed by atoms with E-state index in [2.05, 4.69) is 35.4 Å². The molecule has 1 aliphatic heterocycles. The van der Waals surface area contributed by atoms with Crippen LogP contribution in [0.25, 0.3) is 0 Å². The van der Waals surface area contributed by atoms with Crippen molar-refractivity contribution in [3.63, 3.8) is 0 Å². The molecule has 0 unspecified atom stereocenters. The van der Waals surface area contributed by atoms with Crippen LogP contribution in [-0.4, -0.2) is 36.7 Å². The van der Waals surface area contributed by atoms with E-state index in [0.29, 0.717) is 11.5 Å². The normalized spacial score (nSPS) is 18.3. The van der Waals surface area contributed by atoms with E-state index in [0.717, 1.165) is 44.7 Å². The maximum absolute atomic E-state index is 13.0. The van der Waals surface area contributed by atoms with Crippen LogP contribution in [0.2, 0.25) is 0 Å². The lowest BCUT2D eigenvalue weighted by molar-refractivity contribution is 0.0595. The minimum Gasteiger partial charge on any atom is -0.333 e. The summed E-state index contributed by atoms with van der Waals surface area (Å²) in [5, 5.41) is 4.34. The monoisotopic (exact) mass is 329 g/mol. The molecular weight excluding hydrogens is 302 g/mol. The van der Waals surface area contributed by atoms with Crippen molar-refractivity contribution in [2.24, 2.45) is 5.92 Å². The highest BCUT2D eigenvalue weighted by molar-refractivity contribution is 5.94. The van der Waals surface area contributed by atoms with E-state index < -0.39 is 0 Å². The van der Waals surface area contributed by atoms with E-state index in [-0.39, 0.29) is 11.9 Å². The van der Waals surface area contributed by atoms with Gasteiger partial charge in [-0.3, -0.25) is 9.48 Å². The fourth-order valence-corrected chi connectivity index (χ4v) is 3.44. The molecule has 24 heavy (non-hydrogen) atoms. The second kappa shape index (κ2) is 7.20. The molecule has 0 N–H and O–H groups in total. The summed E-state index contributed by atoms with van der Waals surface area (Å²) in [4.78, 5) is 19.6. The van der Waals surface area contributed by atoms with Gasteiger partial charge in [0.15, 0.2) is 0 Å². The van der Waals surface area contributed by atoms with E-state index in [1.807, 2.05) is 28.2 Å². The second-order valence-corrected chi connectivity index (χ2v) is 6.93. The van der Waals surface area contributed by atoms with Crippen LogP contribution in [0.3, 0.4) is 0 Å². The first kappa shape index (κ1) is 16.7. The molecule has 2 aromatic heterocycles. The van der Waals surface area contributed by atoms with Crippen LogP contribution in [0.4, 0.5) is 0 Å². The number of carbonyl (C=O) groups excluding carboxylic acids is 1. The van der Waals surface area contributed by atoms with Crippen molar-refractivity contribution in [3.8, 4) is 0 Å². The van der Waals surface area contributed by atoms with Crippen LogP contribution in [0, 0.1) is 5.92 Å². The highest BCUT2D eigenvalue weighted by Gasteiger charge is 2.31. The molecule has 1 amide bonds. The highest BCUT2D eigenvalue weighted by Crippen LogP contribution is 2.31. The Labute approximate surface area is 143 Å². The summed E-state index contributed by atoms with van der Waals surface area (Å²) in [6.45, 7) is 8.89. The Bertz CT molecular complexity index is 687. The number of likely N-dealkylation sites (tertiary alicyclic amines) is 1. The van der Waals surface area contributed by atoms with Crippen LogP contribution in [0.15, 0.2) is 24.8 Å². The quantitative estimate of drug-likeness (QED) is 0.847. The number of nitrogens with zero attached hydrogens (tertiary/aromatic N) is 5. The second-order valence-electron chi connectivity index (χ2n) is 6.93. The molecule has 6 nitrogen and oxygen atoms in total. The fraction of sp³-hybridized carbons (Fsp3) is 0.611. The Morgan fingerprint density at radius 3 is 2.96 bits per heavy atom.